The number of nitrogens with one attached hydrogen (secondary N) is 2. The molecule has 4 rings (SSSR count). The fourth-order valence-corrected chi connectivity index (χ4v) is 4.66. The molecule has 0 aliphatic heterocycles. The van der Waals surface area contributed by atoms with E-state index in [0.717, 1.165) is 35.4 Å². The minimum atomic E-state index is -4.03. The van der Waals surface area contributed by atoms with Gasteiger partial charge in [-0.3, -0.25) is 14.8 Å². The summed E-state index contributed by atoms with van der Waals surface area (Å²) in [6.07, 6.45) is 1.39. The van der Waals surface area contributed by atoms with Gasteiger partial charge in [0, 0.05) is 18.3 Å². The van der Waals surface area contributed by atoms with Crippen molar-refractivity contribution in [3.05, 3.63) is 100 Å². The first-order valence-electron chi connectivity index (χ1n) is 11.5. The summed E-state index contributed by atoms with van der Waals surface area (Å²) in [5, 5.41) is 24.1. The molecule has 1 aromatic heterocycles. The van der Waals surface area contributed by atoms with Gasteiger partial charge in [0.05, 0.1) is 23.0 Å². The van der Waals surface area contributed by atoms with E-state index in [-0.39, 0.29) is 39.7 Å². The van der Waals surface area contributed by atoms with Gasteiger partial charge >= 0.3 is 5.97 Å². The van der Waals surface area contributed by atoms with Crippen LogP contribution in [0.2, 0.25) is 0 Å². The van der Waals surface area contributed by atoms with Gasteiger partial charge in [-0.1, -0.05) is 30.3 Å². The van der Waals surface area contributed by atoms with Crippen LogP contribution in [0.25, 0.3) is 11.1 Å². The van der Waals surface area contributed by atoms with Crippen molar-refractivity contribution >= 4 is 33.4 Å². The third-order valence-electron chi connectivity index (χ3n) is 5.75. The number of carbonyl (C=O) groups is 1. The third kappa shape index (κ3) is 6.27. The lowest BCUT2D eigenvalue weighted by Crippen LogP contribution is -2.15. The minimum absolute atomic E-state index is 0.0172. The zero-order chi connectivity index (χ0) is 28.2. The molecular formula is C26H23N5O7S. The normalized spacial score (nSPS) is 11.8. The zero-order valence-corrected chi connectivity index (χ0v) is 21.5. The zero-order valence-electron chi connectivity index (χ0n) is 20.7. The van der Waals surface area contributed by atoms with Crippen molar-refractivity contribution < 1.29 is 28.0 Å². The highest BCUT2D eigenvalue weighted by Crippen LogP contribution is 2.28. The summed E-state index contributed by atoms with van der Waals surface area (Å²) >= 11 is 0. The molecule has 200 valence electrons. The fourth-order valence-electron chi connectivity index (χ4n) is 3.66. The molecule has 39 heavy (non-hydrogen) atoms. The fraction of sp³-hybridized carbons (Fsp3) is 0.115. The highest BCUT2D eigenvalue weighted by molar-refractivity contribution is 7.92. The number of esters is 1. The predicted molar refractivity (Wildman–Crippen MR) is 143 cm³/mol. The average Bonchev–Trinajstić information content (AvgIpc) is 2.92. The van der Waals surface area contributed by atoms with E-state index in [1.807, 2.05) is 31.2 Å². The van der Waals surface area contributed by atoms with E-state index in [0.29, 0.717) is 5.56 Å². The molecule has 0 unspecified atom stereocenters. The van der Waals surface area contributed by atoms with E-state index in [1.54, 1.807) is 6.07 Å². The second kappa shape index (κ2) is 11.1. The van der Waals surface area contributed by atoms with Crippen LogP contribution in [0.15, 0.2) is 83.9 Å². The summed E-state index contributed by atoms with van der Waals surface area (Å²) in [7, 11) is -2.79. The maximum absolute atomic E-state index is 12.7. The highest BCUT2D eigenvalue weighted by atomic mass is 32.2. The smallest absolute Gasteiger partial charge is 0.341 e. The monoisotopic (exact) mass is 549 g/mol. The number of aromatic hydroxyl groups is 1. The average molecular weight is 550 g/mol. The number of ether oxygens (including phenoxy) is 1. The van der Waals surface area contributed by atoms with E-state index < -0.39 is 20.9 Å². The Morgan fingerprint density at radius 1 is 1.03 bits per heavy atom. The van der Waals surface area contributed by atoms with Crippen LogP contribution < -0.4 is 10.0 Å². The molecular weight excluding hydrogens is 526 g/mol. The Bertz CT molecular complexity index is 1630. The number of anilines is 2. The summed E-state index contributed by atoms with van der Waals surface area (Å²) < 4.78 is 32.3. The number of hydrogen-bond donors (Lipinski definition) is 3. The summed E-state index contributed by atoms with van der Waals surface area (Å²) in [5.41, 5.74) is 2.27. The van der Waals surface area contributed by atoms with Crippen molar-refractivity contribution in [2.75, 3.05) is 17.1 Å². The number of nitro benzene ring substituents is 1. The number of benzene rings is 3. The molecule has 0 aliphatic carbocycles. The third-order valence-corrected chi connectivity index (χ3v) is 7.12. The molecule has 4 aromatic rings. The minimum Gasteiger partial charge on any atom is -0.507 e. The number of aromatic nitrogens is 2. The molecule has 1 atom stereocenters. The second-order valence-corrected chi connectivity index (χ2v) is 10.0. The lowest BCUT2D eigenvalue weighted by atomic mass is 10.00. The van der Waals surface area contributed by atoms with E-state index in [9.17, 15) is 28.4 Å². The van der Waals surface area contributed by atoms with Crippen molar-refractivity contribution in [2.45, 2.75) is 17.9 Å². The number of phenolic OH excluding ortho intramolecular Hbond substituents is 1. The topological polar surface area (TPSA) is 174 Å². The maximum Gasteiger partial charge on any atom is 0.341 e. The molecule has 1 heterocycles. The van der Waals surface area contributed by atoms with Gasteiger partial charge in [-0.25, -0.2) is 18.2 Å². The first kappa shape index (κ1) is 27.0. The molecule has 0 aliphatic rings. The summed E-state index contributed by atoms with van der Waals surface area (Å²) in [6, 6.07) is 17.8. The van der Waals surface area contributed by atoms with Crippen LogP contribution in [-0.4, -0.2) is 41.5 Å². The lowest BCUT2D eigenvalue weighted by molar-refractivity contribution is -0.384. The largest absolute Gasteiger partial charge is 0.507 e. The Morgan fingerprint density at radius 2 is 1.69 bits per heavy atom. The Hall–Kier alpha value is -5.04. The van der Waals surface area contributed by atoms with Gasteiger partial charge in [-0.2, -0.15) is 4.98 Å². The highest BCUT2D eigenvalue weighted by Gasteiger charge is 2.18. The standard InChI is InChI=1S/C26H23N5O7S/c1-16(17-3-5-18(6-4-17)19-7-12-22(23(32)15-19)25(33)38-2)28-26-27-14-13-24(29-26)30-39(36,37)21-10-8-20(9-11-21)31(34)35/h3-16,32H,1-2H3,(H2,27,28,29,30)/t16-/m0/s1. The van der Waals surface area contributed by atoms with Crippen LogP contribution in [-0.2, 0) is 14.8 Å². The van der Waals surface area contributed by atoms with Crippen molar-refractivity contribution in [2.24, 2.45) is 0 Å². The number of nitrogens with zero attached hydrogens (tertiary/aromatic N) is 3. The van der Waals surface area contributed by atoms with Gasteiger partial charge in [-0.05, 0) is 53.9 Å². The van der Waals surface area contributed by atoms with E-state index in [1.165, 1.54) is 31.5 Å². The Kier molecular flexibility index (Phi) is 7.72. The number of rotatable bonds is 9. The van der Waals surface area contributed by atoms with Gasteiger partial charge in [-0.15, -0.1) is 0 Å². The van der Waals surface area contributed by atoms with Gasteiger partial charge < -0.3 is 15.2 Å². The number of nitro groups is 1. The number of carbonyl (C=O) groups excluding carboxylic acids is 1. The molecule has 0 saturated carbocycles. The lowest BCUT2D eigenvalue weighted by Gasteiger charge is -2.16. The number of non-ortho nitro benzene ring substituents is 1. The second-order valence-electron chi connectivity index (χ2n) is 8.33. The molecule has 13 heteroatoms. The molecule has 0 spiro atoms. The van der Waals surface area contributed by atoms with Crippen molar-refractivity contribution in [3.63, 3.8) is 0 Å². The molecule has 0 amide bonds. The van der Waals surface area contributed by atoms with E-state index >= 15 is 0 Å². The van der Waals surface area contributed by atoms with Crippen molar-refractivity contribution in [1.82, 2.24) is 9.97 Å². The summed E-state index contributed by atoms with van der Waals surface area (Å²) in [4.78, 5) is 30.1. The van der Waals surface area contributed by atoms with Crippen LogP contribution >= 0.6 is 0 Å². The molecule has 0 fully saturated rings. The number of phenols is 1. The van der Waals surface area contributed by atoms with Gasteiger partial charge in [0.15, 0.2) is 0 Å². The number of hydrogen-bond acceptors (Lipinski definition) is 10. The molecule has 0 bridgehead atoms. The summed E-state index contributed by atoms with van der Waals surface area (Å²) in [6.45, 7) is 1.88. The van der Waals surface area contributed by atoms with Crippen LogP contribution in [0.3, 0.4) is 0 Å². The van der Waals surface area contributed by atoms with E-state index in [2.05, 4.69) is 24.7 Å². The van der Waals surface area contributed by atoms with Crippen LogP contribution in [0, 0.1) is 10.1 Å². The number of methoxy groups -OCH3 is 1. The predicted octanol–water partition coefficient (Wildman–Crippen LogP) is 4.52. The van der Waals surface area contributed by atoms with Gasteiger partial charge in [0.1, 0.15) is 17.1 Å². The van der Waals surface area contributed by atoms with Crippen LogP contribution in [0.1, 0.15) is 28.9 Å². The van der Waals surface area contributed by atoms with Gasteiger partial charge in [0.25, 0.3) is 15.7 Å². The Labute approximate surface area is 223 Å². The first-order valence-corrected chi connectivity index (χ1v) is 12.9. The molecule has 3 N–H and O–H groups in total. The quantitative estimate of drug-likeness (QED) is 0.153. The maximum atomic E-state index is 12.7. The van der Waals surface area contributed by atoms with Crippen LogP contribution in [0.5, 0.6) is 5.75 Å². The molecule has 12 nitrogen and oxygen atoms in total. The number of sulfonamides is 1. The molecule has 0 saturated heterocycles. The Balaban J connectivity index is 1.44. The van der Waals surface area contributed by atoms with E-state index in [4.69, 9.17) is 0 Å². The SMILES string of the molecule is COC(=O)c1ccc(-c2ccc([C@H](C)Nc3nccc(NS(=O)(=O)c4ccc([N+](=O)[O-])cc4)n3)cc2)cc1O. The summed E-state index contributed by atoms with van der Waals surface area (Å²) in [5.74, 6) is -0.609. The first-order chi connectivity index (χ1) is 18.6. The molecule has 0 radical (unpaired) electrons. The van der Waals surface area contributed by atoms with Crippen LogP contribution in [0.4, 0.5) is 17.5 Å². The Morgan fingerprint density at radius 3 is 2.31 bits per heavy atom. The van der Waals surface area contributed by atoms with Gasteiger partial charge in [0.2, 0.25) is 5.95 Å². The van der Waals surface area contributed by atoms with Crippen molar-refractivity contribution in [1.29, 1.82) is 0 Å². The molecule has 3 aromatic carbocycles. The van der Waals surface area contributed by atoms with Crippen molar-refractivity contribution in [3.8, 4) is 16.9 Å².